The van der Waals surface area contributed by atoms with E-state index in [0.29, 0.717) is 4.43 Å². The number of carbonyl (C=O) groups is 1. The van der Waals surface area contributed by atoms with E-state index in [0.717, 1.165) is 5.56 Å². The molecule has 1 rings (SSSR count). The van der Waals surface area contributed by atoms with Crippen LogP contribution in [-0.4, -0.2) is 10.2 Å². The molecule has 0 unspecified atom stereocenters. The molecule has 0 aromatic heterocycles. The van der Waals surface area contributed by atoms with Gasteiger partial charge in [-0.25, -0.2) is 0 Å². The maximum atomic E-state index is 11.1. The molecule has 0 aliphatic heterocycles. The Bertz CT molecular complexity index is 251. The van der Waals surface area contributed by atoms with E-state index in [1.165, 1.54) is 5.56 Å². The van der Waals surface area contributed by atoms with Gasteiger partial charge in [-0.15, -0.1) is 0 Å². The number of hydrogen-bond acceptors (Lipinski definition) is 1. The van der Waals surface area contributed by atoms with Gasteiger partial charge >= 0.3 is 0 Å². The van der Waals surface area contributed by atoms with Crippen molar-refractivity contribution in [1.29, 1.82) is 0 Å². The number of rotatable bonds is 2. The zero-order valence-electron chi connectivity index (χ0n) is 6.30. The van der Waals surface area contributed by atoms with Crippen molar-refractivity contribution in [2.24, 2.45) is 0 Å². The quantitative estimate of drug-likeness (QED) is 0.454. The maximum Gasteiger partial charge on any atom is 0.172 e. The SMILES string of the molecule is Cc1ccc(C(=O)CI)cc1. The van der Waals surface area contributed by atoms with Crippen molar-refractivity contribution < 1.29 is 4.79 Å². The predicted octanol–water partition coefficient (Wildman–Crippen LogP) is 2.61. The van der Waals surface area contributed by atoms with Crippen molar-refractivity contribution in [3.8, 4) is 0 Å². The highest BCUT2D eigenvalue weighted by Gasteiger charge is 2.00. The average Bonchev–Trinajstić information content (AvgIpc) is 2.05. The molecule has 0 aliphatic rings. The van der Waals surface area contributed by atoms with Crippen molar-refractivity contribution in [3.05, 3.63) is 35.4 Å². The number of hydrogen-bond donors (Lipinski definition) is 0. The Morgan fingerprint density at radius 3 is 2.36 bits per heavy atom. The van der Waals surface area contributed by atoms with Crippen molar-refractivity contribution >= 4 is 28.4 Å². The summed E-state index contributed by atoms with van der Waals surface area (Å²) in [5.74, 6) is 0.200. The van der Waals surface area contributed by atoms with Gasteiger partial charge in [0.15, 0.2) is 5.78 Å². The van der Waals surface area contributed by atoms with E-state index in [-0.39, 0.29) is 5.78 Å². The summed E-state index contributed by atoms with van der Waals surface area (Å²) in [6.07, 6.45) is 0. The fourth-order valence-corrected chi connectivity index (χ4v) is 1.26. The molecule has 0 saturated carbocycles. The van der Waals surface area contributed by atoms with E-state index < -0.39 is 0 Å². The molecule has 0 atom stereocenters. The minimum atomic E-state index is 0.200. The largest absolute Gasteiger partial charge is 0.293 e. The number of Topliss-reactive ketones (excluding diaryl/α,β-unsaturated/α-hetero) is 1. The second-order valence-corrected chi connectivity index (χ2v) is 3.19. The Hall–Kier alpha value is -0.380. The summed E-state index contributed by atoms with van der Waals surface area (Å²) in [5, 5.41) is 0. The molecule has 0 bridgehead atoms. The summed E-state index contributed by atoms with van der Waals surface area (Å²) >= 11 is 2.08. The molecule has 1 aromatic rings. The number of alkyl halides is 1. The van der Waals surface area contributed by atoms with Gasteiger partial charge in [0.25, 0.3) is 0 Å². The Labute approximate surface area is 79.9 Å². The third kappa shape index (κ3) is 2.29. The molecule has 0 radical (unpaired) electrons. The lowest BCUT2D eigenvalue weighted by atomic mass is 10.1. The molecule has 0 fully saturated rings. The number of halogens is 1. The zero-order chi connectivity index (χ0) is 8.27. The fraction of sp³-hybridized carbons (Fsp3) is 0.222. The van der Waals surface area contributed by atoms with Crippen LogP contribution in [0.5, 0.6) is 0 Å². The summed E-state index contributed by atoms with van der Waals surface area (Å²) in [7, 11) is 0. The second kappa shape index (κ2) is 3.85. The van der Waals surface area contributed by atoms with Gasteiger partial charge in [-0.2, -0.15) is 0 Å². The van der Waals surface area contributed by atoms with E-state index in [9.17, 15) is 4.79 Å². The van der Waals surface area contributed by atoms with Crippen LogP contribution in [0.1, 0.15) is 15.9 Å². The highest BCUT2D eigenvalue weighted by atomic mass is 127. The van der Waals surface area contributed by atoms with Crippen LogP contribution in [0, 0.1) is 6.92 Å². The summed E-state index contributed by atoms with van der Waals surface area (Å²) < 4.78 is 0.556. The standard InChI is InChI=1S/C9H9IO/c1-7-2-4-8(5-3-7)9(11)6-10/h2-5H,6H2,1H3. The van der Waals surface area contributed by atoms with Crippen molar-refractivity contribution in [2.75, 3.05) is 4.43 Å². The molecule has 11 heavy (non-hydrogen) atoms. The van der Waals surface area contributed by atoms with Gasteiger partial charge < -0.3 is 0 Å². The first-order valence-corrected chi connectivity index (χ1v) is 4.92. The third-order valence-electron chi connectivity index (χ3n) is 1.49. The second-order valence-electron chi connectivity index (χ2n) is 2.42. The lowest BCUT2D eigenvalue weighted by Gasteiger charge is -1.96. The predicted molar refractivity (Wildman–Crippen MR) is 54.4 cm³/mol. The highest BCUT2D eigenvalue weighted by molar-refractivity contribution is 14.1. The Morgan fingerprint density at radius 1 is 1.36 bits per heavy atom. The molecule has 0 amide bonds. The van der Waals surface area contributed by atoms with Gasteiger partial charge in [-0.05, 0) is 6.92 Å². The molecule has 1 nitrogen and oxygen atoms in total. The molecule has 0 saturated heterocycles. The molecule has 58 valence electrons. The first-order valence-electron chi connectivity index (χ1n) is 3.40. The zero-order valence-corrected chi connectivity index (χ0v) is 8.46. The van der Waals surface area contributed by atoms with Crippen molar-refractivity contribution in [3.63, 3.8) is 0 Å². The number of ketones is 1. The van der Waals surface area contributed by atoms with Crippen LogP contribution in [0.3, 0.4) is 0 Å². The third-order valence-corrected chi connectivity index (χ3v) is 2.19. The average molecular weight is 260 g/mol. The lowest BCUT2D eigenvalue weighted by Crippen LogP contribution is -1.98. The van der Waals surface area contributed by atoms with E-state index in [2.05, 4.69) is 22.6 Å². The molecule has 0 spiro atoms. The van der Waals surface area contributed by atoms with Gasteiger partial charge in [0, 0.05) is 5.56 Å². The molecule has 0 N–H and O–H groups in total. The summed E-state index contributed by atoms with van der Waals surface area (Å²) in [4.78, 5) is 11.1. The summed E-state index contributed by atoms with van der Waals surface area (Å²) in [6.45, 7) is 2.01. The van der Waals surface area contributed by atoms with E-state index in [1.807, 2.05) is 31.2 Å². The molecule has 0 heterocycles. The molecular weight excluding hydrogens is 251 g/mol. The summed E-state index contributed by atoms with van der Waals surface area (Å²) in [5.41, 5.74) is 2.00. The van der Waals surface area contributed by atoms with Crippen LogP contribution in [-0.2, 0) is 0 Å². The van der Waals surface area contributed by atoms with Crippen LogP contribution < -0.4 is 0 Å². The number of aryl methyl sites for hydroxylation is 1. The normalized spacial score (nSPS) is 9.64. The molecule has 0 aliphatic carbocycles. The highest BCUT2D eigenvalue weighted by Crippen LogP contribution is 2.05. The fourth-order valence-electron chi connectivity index (χ4n) is 0.817. The minimum absolute atomic E-state index is 0.200. The van der Waals surface area contributed by atoms with Crippen LogP contribution in [0.4, 0.5) is 0 Å². The monoisotopic (exact) mass is 260 g/mol. The molecule has 1 aromatic carbocycles. The van der Waals surface area contributed by atoms with Crippen LogP contribution in [0.25, 0.3) is 0 Å². The summed E-state index contributed by atoms with van der Waals surface area (Å²) in [6, 6.07) is 7.66. The lowest BCUT2D eigenvalue weighted by molar-refractivity contribution is 0.102. The Balaban J connectivity index is 2.90. The first kappa shape index (κ1) is 8.71. The van der Waals surface area contributed by atoms with E-state index >= 15 is 0 Å². The van der Waals surface area contributed by atoms with Gasteiger partial charge in [0.1, 0.15) is 0 Å². The molecular formula is C9H9IO. The topological polar surface area (TPSA) is 17.1 Å². The Morgan fingerprint density at radius 2 is 1.91 bits per heavy atom. The van der Waals surface area contributed by atoms with E-state index in [4.69, 9.17) is 0 Å². The smallest absolute Gasteiger partial charge is 0.172 e. The van der Waals surface area contributed by atoms with Crippen molar-refractivity contribution in [2.45, 2.75) is 6.92 Å². The van der Waals surface area contributed by atoms with Gasteiger partial charge in [-0.1, -0.05) is 52.4 Å². The van der Waals surface area contributed by atoms with E-state index in [1.54, 1.807) is 0 Å². The Kier molecular flexibility index (Phi) is 3.05. The minimum Gasteiger partial charge on any atom is -0.293 e. The number of benzene rings is 1. The van der Waals surface area contributed by atoms with Gasteiger partial charge in [-0.3, -0.25) is 4.79 Å². The van der Waals surface area contributed by atoms with Gasteiger partial charge in [0.05, 0.1) is 4.43 Å². The first-order chi connectivity index (χ1) is 5.24. The van der Waals surface area contributed by atoms with Crippen LogP contribution in [0.2, 0.25) is 0 Å². The number of carbonyl (C=O) groups excluding carboxylic acids is 1. The molecule has 2 heteroatoms. The van der Waals surface area contributed by atoms with Crippen LogP contribution in [0.15, 0.2) is 24.3 Å². The van der Waals surface area contributed by atoms with Crippen LogP contribution >= 0.6 is 22.6 Å². The maximum absolute atomic E-state index is 11.1. The van der Waals surface area contributed by atoms with Crippen molar-refractivity contribution in [1.82, 2.24) is 0 Å². The van der Waals surface area contributed by atoms with Gasteiger partial charge in [0.2, 0.25) is 0 Å².